The average Bonchev–Trinajstić information content (AvgIpc) is 3.39. The van der Waals surface area contributed by atoms with E-state index >= 15 is 0 Å². The Bertz CT molecular complexity index is 1940. The van der Waals surface area contributed by atoms with Gasteiger partial charge >= 0.3 is 0 Å². The van der Waals surface area contributed by atoms with E-state index in [1.807, 2.05) is 6.08 Å². The summed E-state index contributed by atoms with van der Waals surface area (Å²) in [6, 6.07) is 13.1. The zero-order valence-electron chi connectivity index (χ0n) is 24.1. The van der Waals surface area contributed by atoms with Crippen LogP contribution in [0.3, 0.4) is 0 Å². The van der Waals surface area contributed by atoms with Crippen LogP contribution in [0.25, 0.3) is 0 Å². The number of hydrogen-bond acceptors (Lipinski definition) is 6. The fraction of sp³-hybridized carbons (Fsp3) is 0.273. The van der Waals surface area contributed by atoms with Crippen LogP contribution in [0.1, 0.15) is 24.3 Å². The zero-order valence-corrected chi connectivity index (χ0v) is 30.4. The van der Waals surface area contributed by atoms with Gasteiger partial charge in [-0.15, -0.1) is 23.2 Å². The lowest BCUT2D eigenvalue weighted by Gasteiger charge is -2.51. The lowest BCUT2D eigenvalue weighted by molar-refractivity contribution is -0.125. The highest BCUT2D eigenvalue weighted by Crippen LogP contribution is 2.67. The molecule has 8 nitrogen and oxygen atoms in total. The Morgan fingerprint density at radius 1 is 0.872 bits per heavy atom. The number of aromatic hydroxyl groups is 1. The molecule has 1 N–H and O–H groups in total. The van der Waals surface area contributed by atoms with E-state index in [0.29, 0.717) is 21.3 Å². The second-order valence-corrected chi connectivity index (χ2v) is 15.6. The van der Waals surface area contributed by atoms with Gasteiger partial charge in [0.15, 0.2) is 21.2 Å². The third-order valence-electron chi connectivity index (χ3n) is 9.69. The minimum atomic E-state index is -2.16. The number of allylic oxidation sites excluding steroid dienone is 2. The number of phenolic OH excluding ortho intramolecular Hbond substituents is 1. The van der Waals surface area contributed by atoms with Crippen LogP contribution in [0.2, 0.25) is 0 Å². The Hall–Kier alpha value is -2.77. The lowest BCUT2D eigenvalue weighted by atomic mass is 9.56. The van der Waals surface area contributed by atoms with Crippen molar-refractivity contribution >= 4 is 106 Å². The number of halogens is 6. The number of imide groups is 2. The molecule has 47 heavy (non-hydrogen) atoms. The van der Waals surface area contributed by atoms with Crippen LogP contribution in [0.5, 0.6) is 11.5 Å². The number of rotatable bonds is 4. The van der Waals surface area contributed by atoms with Gasteiger partial charge in [0, 0.05) is 14.9 Å². The summed E-state index contributed by atoms with van der Waals surface area (Å²) in [4.78, 5) is 54.8. The number of fused-ring (bicyclic) bond motifs is 4. The van der Waals surface area contributed by atoms with Crippen molar-refractivity contribution in [2.24, 2.45) is 17.8 Å². The van der Waals surface area contributed by atoms with Crippen LogP contribution >= 0.6 is 71.0 Å². The van der Waals surface area contributed by atoms with E-state index in [1.165, 1.54) is 30.2 Å². The minimum absolute atomic E-state index is 0.0487. The number of alkyl halides is 2. The van der Waals surface area contributed by atoms with E-state index in [1.54, 1.807) is 24.3 Å². The molecule has 3 aromatic rings. The summed E-state index contributed by atoms with van der Waals surface area (Å²) in [5, 5.41) is 10.8. The fourth-order valence-corrected chi connectivity index (χ4v) is 9.71. The van der Waals surface area contributed by atoms with E-state index < -0.39 is 57.0 Å². The molecule has 3 aromatic carbocycles. The smallest absolute Gasteiger partial charge is 0.258 e. The van der Waals surface area contributed by atoms with Gasteiger partial charge in [-0.3, -0.25) is 24.1 Å². The van der Waals surface area contributed by atoms with Gasteiger partial charge in [-0.1, -0.05) is 27.6 Å². The van der Waals surface area contributed by atoms with Crippen molar-refractivity contribution in [2.75, 3.05) is 16.9 Å². The molecule has 0 bridgehead atoms. The predicted octanol–water partition coefficient (Wildman–Crippen LogP) is 7.60. The third kappa shape index (κ3) is 4.47. The molecule has 4 amide bonds. The molecule has 0 radical (unpaired) electrons. The molecule has 0 spiro atoms. The van der Waals surface area contributed by atoms with Gasteiger partial charge in [0.25, 0.3) is 11.8 Å². The first-order valence-electron chi connectivity index (χ1n) is 14.4. The number of carbonyl (C=O) groups excluding carboxylic acids is 4. The summed E-state index contributed by atoms with van der Waals surface area (Å²) < 4.78 is 20.6. The van der Waals surface area contributed by atoms with Crippen molar-refractivity contribution in [3.8, 4) is 11.5 Å². The molecule has 2 saturated heterocycles. The van der Waals surface area contributed by atoms with Gasteiger partial charge in [0.05, 0.1) is 34.8 Å². The van der Waals surface area contributed by atoms with Gasteiger partial charge in [-0.05, 0) is 111 Å². The van der Waals surface area contributed by atoms with E-state index in [2.05, 4.69) is 47.8 Å². The molecule has 2 aliphatic carbocycles. The lowest BCUT2D eigenvalue weighted by Crippen LogP contribution is -2.60. The summed E-state index contributed by atoms with van der Waals surface area (Å²) in [5.74, 6) is -6.82. The number of ether oxygens (including phenoxy) is 1. The number of methoxy groups -OCH3 is 1. The van der Waals surface area contributed by atoms with Crippen LogP contribution in [0.15, 0.2) is 79.7 Å². The zero-order chi connectivity index (χ0) is 33.7. The normalized spacial score (nSPS) is 29.9. The Morgan fingerprint density at radius 3 is 2.13 bits per heavy atom. The van der Waals surface area contributed by atoms with Crippen molar-refractivity contribution in [1.29, 1.82) is 0 Å². The van der Waals surface area contributed by atoms with E-state index in [-0.39, 0.29) is 40.4 Å². The molecule has 0 aromatic heterocycles. The van der Waals surface area contributed by atoms with Crippen LogP contribution < -0.4 is 14.5 Å². The molecule has 6 atom stereocenters. The SMILES string of the molecule is COc1cc(C2C3=CCC4C(=O)N(c5ccc(Br)cc5)C(=O)C4C3CC3(Cl)C(=O)N(c4ccc(F)cc4)C(=O)C23Cl)c(Br)c(Br)c1O. The molecule has 1 saturated carbocycles. The number of nitrogens with zero attached hydrogens (tertiary/aromatic N) is 2. The van der Waals surface area contributed by atoms with Crippen molar-refractivity contribution in [1.82, 2.24) is 0 Å². The molecule has 3 fully saturated rings. The summed E-state index contributed by atoms with van der Waals surface area (Å²) in [5.41, 5.74) is 1.38. The monoisotopic (exact) mass is 868 g/mol. The highest BCUT2D eigenvalue weighted by atomic mass is 79.9. The molecule has 2 heterocycles. The standard InChI is InChI=1S/C33H22Br3Cl2FN2O6/c1-47-22-12-20(25(35)26(36)27(22)42)24-18-10-11-19-23(29(44)40(28(19)43)16-6-2-14(34)3-7-16)21(18)13-32(37)30(45)41(31(46)33(24,32)38)17-8-4-15(39)5-9-17/h2-10,12,19,21,23-24,42H,11,13H2,1H3. The van der Waals surface area contributed by atoms with Gasteiger partial charge in [-0.25, -0.2) is 9.29 Å². The molecule has 7 rings (SSSR count). The van der Waals surface area contributed by atoms with Crippen molar-refractivity contribution in [3.05, 3.63) is 91.0 Å². The van der Waals surface area contributed by atoms with Crippen molar-refractivity contribution in [3.63, 3.8) is 0 Å². The molecule has 14 heteroatoms. The molecule has 2 aliphatic heterocycles. The Kier molecular flexibility index (Phi) is 7.95. The fourth-order valence-electron chi connectivity index (χ4n) is 7.57. The number of benzene rings is 3. The number of amides is 4. The van der Waals surface area contributed by atoms with Gasteiger partial charge in [-0.2, -0.15) is 0 Å². The second-order valence-electron chi connectivity index (χ2n) is 11.9. The summed E-state index contributed by atoms with van der Waals surface area (Å²) >= 11 is 25.2. The number of hydrogen-bond donors (Lipinski definition) is 1. The molecule has 6 unspecified atom stereocenters. The number of carbonyl (C=O) groups is 4. The van der Waals surface area contributed by atoms with Gasteiger partial charge < -0.3 is 9.84 Å². The Balaban J connectivity index is 1.44. The first kappa shape index (κ1) is 32.8. The maximum atomic E-state index is 14.6. The topological polar surface area (TPSA) is 104 Å². The molecule has 4 aliphatic rings. The molecular weight excluding hydrogens is 850 g/mol. The first-order chi connectivity index (χ1) is 22.3. The highest BCUT2D eigenvalue weighted by Gasteiger charge is 2.77. The first-order valence-corrected chi connectivity index (χ1v) is 17.5. The second kappa shape index (κ2) is 11.4. The summed E-state index contributed by atoms with van der Waals surface area (Å²) in [6.45, 7) is 0. The van der Waals surface area contributed by atoms with Crippen LogP contribution in [0.4, 0.5) is 15.8 Å². The highest BCUT2D eigenvalue weighted by molar-refractivity contribution is 9.13. The van der Waals surface area contributed by atoms with Gasteiger partial charge in [0.2, 0.25) is 11.8 Å². The average molecular weight is 872 g/mol. The quantitative estimate of drug-likeness (QED) is 0.165. The predicted molar refractivity (Wildman–Crippen MR) is 183 cm³/mol. The number of phenols is 1. The van der Waals surface area contributed by atoms with E-state index in [9.17, 15) is 28.7 Å². The van der Waals surface area contributed by atoms with Gasteiger partial charge in [0.1, 0.15) is 5.82 Å². The minimum Gasteiger partial charge on any atom is -0.503 e. The molecular formula is C33H22Br3Cl2FN2O6. The summed E-state index contributed by atoms with van der Waals surface area (Å²) in [7, 11) is 1.36. The maximum absolute atomic E-state index is 14.6. The van der Waals surface area contributed by atoms with E-state index in [4.69, 9.17) is 27.9 Å². The Morgan fingerprint density at radius 2 is 1.49 bits per heavy atom. The van der Waals surface area contributed by atoms with E-state index in [0.717, 1.165) is 21.5 Å². The van der Waals surface area contributed by atoms with Crippen LogP contribution in [-0.2, 0) is 19.2 Å². The Labute approximate surface area is 303 Å². The number of anilines is 2. The van der Waals surface area contributed by atoms with Crippen molar-refractivity contribution in [2.45, 2.75) is 28.5 Å². The largest absolute Gasteiger partial charge is 0.503 e. The summed E-state index contributed by atoms with van der Waals surface area (Å²) in [6.07, 6.45) is 1.75. The third-order valence-corrected chi connectivity index (χ3v) is 13.8. The van der Waals surface area contributed by atoms with Crippen LogP contribution in [-0.4, -0.2) is 45.6 Å². The van der Waals surface area contributed by atoms with Crippen LogP contribution in [0, 0.1) is 23.6 Å². The van der Waals surface area contributed by atoms with Crippen molar-refractivity contribution < 1.29 is 33.4 Å². The maximum Gasteiger partial charge on any atom is 0.258 e. The molecule has 242 valence electrons.